The van der Waals surface area contributed by atoms with Crippen molar-refractivity contribution in [3.05, 3.63) is 83.9 Å². The molecule has 1 aliphatic rings. The van der Waals surface area contributed by atoms with E-state index in [1.54, 1.807) is 0 Å². The van der Waals surface area contributed by atoms with Gasteiger partial charge in [-0.05, 0) is 11.1 Å². The summed E-state index contributed by atoms with van der Waals surface area (Å²) in [4.78, 5) is 0. The fourth-order valence-electron chi connectivity index (χ4n) is 2.53. The van der Waals surface area contributed by atoms with Crippen LogP contribution in [-0.2, 0) is 27.4 Å². The molecule has 0 fully saturated rings. The third-order valence-corrected chi connectivity index (χ3v) is 3.78. The predicted molar refractivity (Wildman–Crippen MR) is 90.0 cm³/mol. The van der Waals surface area contributed by atoms with Crippen molar-refractivity contribution in [2.45, 2.75) is 25.4 Å². The van der Waals surface area contributed by atoms with Gasteiger partial charge >= 0.3 is 0 Å². The smallest absolute Gasteiger partial charge is 0.111 e. The molecule has 0 bridgehead atoms. The number of benzene rings is 2. The molecule has 3 nitrogen and oxygen atoms in total. The Balaban J connectivity index is 1.48. The van der Waals surface area contributed by atoms with E-state index in [0.717, 1.165) is 5.56 Å². The Bertz CT molecular complexity index is 595. The van der Waals surface area contributed by atoms with Gasteiger partial charge in [0.2, 0.25) is 0 Å². The van der Waals surface area contributed by atoms with Crippen LogP contribution in [0.3, 0.4) is 0 Å². The van der Waals surface area contributed by atoms with E-state index in [-0.39, 0.29) is 12.2 Å². The monoisotopic (exact) mass is 310 g/mol. The van der Waals surface area contributed by atoms with Gasteiger partial charge in [0.05, 0.1) is 26.4 Å². The van der Waals surface area contributed by atoms with Gasteiger partial charge < -0.3 is 14.2 Å². The van der Waals surface area contributed by atoms with Gasteiger partial charge in [-0.15, -0.1) is 0 Å². The van der Waals surface area contributed by atoms with Crippen molar-refractivity contribution in [2.75, 3.05) is 13.2 Å². The molecule has 0 aliphatic carbocycles. The van der Waals surface area contributed by atoms with Gasteiger partial charge in [0.25, 0.3) is 0 Å². The summed E-state index contributed by atoms with van der Waals surface area (Å²) in [7, 11) is 0. The Hall–Kier alpha value is -1.94. The summed E-state index contributed by atoms with van der Waals surface area (Å²) in [6.45, 7) is 2.31. The fraction of sp³-hybridized carbons (Fsp3) is 0.300. The fourth-order valence-corrected chi connectivity index (χ4v) is 2.53. The molecule has 120 valence electrons. The molecule has 2 aromatic rings. The molecule has 0 saturated heterocycles. The van der Waals surface area contributed by atoms with E-state index in [1.165, 1.54) is 5.56 Å². The molecule has 1 heterocycles. The Kier molecular flexibility index (Phi) is 5.98. The highest BCUT2D eigenvalue weighted by molar-refractivity contribution is 5.14. The third kappa shape index (κ3) is 5.03. The molecule has 2 aromatic carbocycles. The van der Waals surface area contributed by atoms with Crippen molar-refractivity contribution in [3.8, 4) is 0 Å². The second-order valence-corrected chi connectivity index (χ2v) is 5.56. The average Bonchev–Trinajstić information content (AvgIpc) is 2.63. The van der Waals surface area contributed by atoms with Crippen molar-refractivity contribution >= 4 is 0 Å². The van der Waals surface area contributed by atoms with E-state index in [2.05, 4.69) is 30.3 Å². The molecule has 3 rings (SSSR count). The summed E-state index contributed by atoms with van der Waals surface area (Å²) >= 11 is 0. The first-order chi connectivity index (χ1) is 11.4. The molecule has 0 radical (unpaired) electrons. The minimum atomic E-state index is -0.0697. The molecule has 0 saturated carbocycles. The number of ether oxygens (including phenoxy) is 3. The summed E-state index contributed by atoms with van der Waals surface area (Å²) in [5.41, 5.74) is 2.33. The van der Waals surface area contributed by atoms with Crippen LogP contribution in [0.15, 0.2) is 72.8 Å². The lowest BCUT2D eigenvalue weighted by Gasteiger charge is -2.28. The molecule has 1 aliphatic heterocycles. The van der Waals surface area contributed by atoms with E-state index in [9.17, 15) is 0 Å². The Morgan fingerprint density at radius 1 is 0.870 bits per heavy atom. The number of hydrogen-bond acceptors (Lipinski definition) is 3. The molecular formula is C20H22O3. The predicted octanol–water partition coefficient (Wildman–Crippen LogP) is 3.74. The Morgan fingerprint density at radius 2 is 1.52 bits per heavy atom. The van der Waals surface area contributed by atoms with E-state index in [1.807, 2.05) is 42.5 Å². The van der Waals surface area contributed by atoms with Crippen LogP contribution in [0.4, 0.5) is 0 Å². The molecule has 0 spiro atoms. The lowest BCUT2D eigenvalue weighted by molar-refractivity contribution is -0.0944. The maximum atomic E-state index is 5.99. The van der Waals surface area contributed by atoms with Crippen molar-refractivity contribution in [2.24, 2.45) is 0 Å². The second-order valence-electron chi connectivity index (χ2n) is 5.56. The van der Waals surface area contributed by atoms with Crippen molar-refractivity contribution in [1.82, 2.24) is 0 Å². The lowest BCUT2D eigenvalue weighted by Crippen LogP contribution is -2.36. The summed E-state index contributed by atoms with van der Waals surface area (Å²) < 4.78 is 17.6. The minimum Gasteiger partial charge on any atom is -0.374 e. The molecule has 23 heavy (non-hydrogen) atoms. The molecule has 2 atom stereocenters. The molecular weight excluding hydrogens is 288 g/mol. The SMILES string of the molecule is C1=CC(OCc2ccccc2)C(COCc2ccccc2)OC1. The van der Waals surface area contributed by atoms with Gasteiger partial charge in [-0.3, -0.25) is 0 Å². The van der Waals surface area contributed by atoms with Crippen LogP contribution in [0.5, 0.6) is 0 Å². The maximum Gasteiger partial charge on any atom is 0.111 e. The molecule has 2 unspecified atom stereocenters. The topological polar surface area (TPSA) is 27.7 Å². The summed E-state index contributed by atoms with van der Waals surface area (Å²) in [5, 5.41) is 0. The second kappa shape index (κ2) is 8.63. The molecule has 3 heteroatoms. The Labute approximate surface area is 137 Å². The van der Waals surface area contributed by atoms with Crippen LogP contribution in [0.1, 0.15) is 11.1 Å². The van der Waals surface area contributed by atoms with Crippen molar-refractivity contribution in [1.29, 1.82) is 0 Å². The standard InChI is InChI=1S/C20H22O3/c1-3-8-17(9-4-1)14-21-16-20-19(12-7-13-22-20)23-15-18-10-5-2-6-11-18/h1-12,19-20H,13-16H2. The largest absolute Gasteiger partial charge is 0.374 e. The summed E-state index contributed by atoms with van der Waals surface area (Å²) in [6.07, 6.45) is 3.94. The zero-order chi connectivity index (χ0) is 15.7. The van der Waals surface area contributed by atoms with Gasteiger partial charge in [-0.1, -0.05) is 72.8 Å². The van der Waals surface area contributed by atoms with Gasteiger partial charge in [0.15, 0.2) is 0 Å². The van der Waals surface area contributed by atoms with Gasteiger partial charge in [-0.2, -0.15) is 0 Å². The van der Waals surface area contributed by atoms with Gasteiger partial charge in [-0.25, -0.2) is 0 Å². The highest BCUT2D eigenvalue weighted by Gasteiger charge is 2.23. The van der Waals surface area contributed by atoms with Crippen LogP contribution in [-0.4, -0.2) is 25.4 Å². The van der Waals surface area contributed by atoms with Crippen LogP contribution in [0.2, 0.25) is 0 Å². The third-order valence-electron chi connectivity index (χ3n) is 3.78. The quantitative estimate of drug-likeness (QED) is 0.729. The van der Waals surface area contributed by atoms with Gasteiger partial charge in [0, 0.05) is 0 Å². The highest BCUT2D eigenvalue weighted by Crippen LogP contribution is 2.15. The van der Waals surface area contributed by atoms with Crippen LogP contribution in [0.25, 0.3) is 0 Å². The summed E-state index contributed by atoms with van der Waals surface area (Å²) in [5.74, 6) is 0. The maximum absolute atomic E-state index is 5.99. The van der Waals surface area contributed by atoms with E-state index in [0.29, 0.717) is 26.4 Å². The van der Waals surface area contributed by atoms with Crippen LogP contribution < -0.4 is 0 Å². The molecule has 0 aromatic heterocycles. The first kappa shape index (κ1) is 15.9. The van der Waals surface area contributed by atoms with Gasteiger partial charge in [0.1, 0.15) is 12.2 Å². The first-order valence-corrected chi connectivity index (χ1v) is 7.97. The Morgan fingerprint density at radius 3 is 2.22 bits per heavy atom. The minimum absolute atomic E-state index is 0.0626. The molecule has 0 N–H and O–H groups in total. The molecule has 0 amide bonds. The van der Waals surface area contributed by atoms with E-state index in [4.69, 9.17) is 14.2 Å². The highest BCUT2D eigenvalue weighted by atomic mass is 16.6. The number of hydrogen-bond donors (Lipinski definition) is 0. The van der Waals surface area contributed by atoms with Crippen LogP contribution in [0, 0.1) is 0 Å². The van der Waals surface area contributed by atoms with Crippen molar-refractivity contribution in [3.63, 3.8) is 0 Å². The summed E-state index contributed by atoms with van der Waals surface area (Å²) in [6, 6.07) is 20.3. The van der Waals surface area contributed by atoms with E-state index < -0.39 is 0 Å². The zero-order valence-corrected chi connectivity index (χ0v) is 13.1. The zero-order valence-electron chi connectivity index (χ0n) is 13.1. The lowest BCUT2D eigenvalue weighted by atomic mass is 10.1. The van der Waals surface area contributed by atoms with Crippen LogP contribution >= 0.6 is 0 Å². The normalized spacial score (nSPS) is 20.5. The van der Waals surface area contributed by atoms with Crippen molar-refractivity contribution < 1.29 is 14.2 Å². The number of rotatable bonds is 7. The average molecular weight is 310 g/mol. The first-order valence-electron chi connectivity index (χ1n) is 7.97. The van der Waals surface area contributed by atoms with E-state index >= 15 is 0 Å².